The van der Waals surface area contributed by atoms with E-state index in [0.29, 0.717) is 12.8 Å². The SMILES string of the molecule is CCS(=O)(=O)CC(=O)NCC1(C(=O)O)CCCCC1. The zero-order chi connectivity index (χ0) is 14.5. The van der Waals surface area contributed by atoms with Crippen LogP contribution in [-0.4, -0.2) is 43.5 Å². The van der Waals surface area contributed by atoms with Crippen molar-refractivity contribution in [1.82, 2.24) is 5.32 Å². The number of rotatable bonds is 6. The highest BCUT2D eigenvalue weighted by molar-refractivity contribution is 7.92. The standard InChI is InChI=1S/C12H21NO5S/c1-2-19(17,18)8-10(14)13-9-12(11(15)16)6-4-3-5-7-12/h2-9H2,1H3,(H,13,14)(H,15,16). The molecule has 0 aromatic rings. The zero-order valence-corrected chi connectivity index (χ0v) is 12.0. The Morgan fingerprint density at radius 2 is 1.79 bits per heavy atom. The number of carboxylic acids is 1. The Bertz CT molecular complexity index is 437. The summed E-state index contributed by atoms with van der Waals surface area (Å²) in [5, 5.41) is 11.8. The monoisotopic (exact) mass is 291 g/mol. The van der Waals surface area contributed by atoms with Crippen molar-refractivity contribution in [2.45, 2.75) is 39.0 Å². The van der Waals surface area contributed by atoms with Crippen LogP contribution in [0.1, 0.15) is 39.0 Å². The Morgan fingerprint density at radius 1 is 1.21 bits per heavy atom. The molecule has 7 heteroatoms. The van der Waals surface area contributed by atoms with Gasteiger partial charge in [0.1, 0.15) is 5.75 Å². The minimum absolute atomic E-state index is 0.0143. The molecule has 0 radical (unpaired) electrons. The predicted molar refractivity (Wildman–Crippen MR) is 70.5 cm³/mol. The molecule has 0 aromatic carbocycles. The van der Waals surface area contributed by atoms with Gasteiger partial charge in [-0.05, 0) is 12.8 Å². The molecule has 1 aliphatic rings. The molecule has 6 nitrogen and oxygen atoms in total. The van der Waals surface area contributed by atoms with E-state index in [1.165, 1.54) is 6.92 Å². The van der Waals surface area contributed by atoms with E-state index in [1.54, 1.807) is 0 Å². The van der Waals surface area contributed by atoms with Gasteiger partial charge in [-0.3, -0.25) is 9.59 Å². The number of carboxylic acid groups (broad SMARTS) is 1. The van der Waals surface area contributed by atoms with Gasteiger partial charge in [-0.25, -0.2) is 8.42 Å². The van der Waals surface area contributed by atoms with Crippen molar-refractivity contribution in [2.24, 2.45) is 5.41 Å². The predicted octanol–water partition coefficient (Wildman–Crippen LogP) is 0.572. The third kappa shape index (κ3) is 4.49. The molecule has 110 valence electrons. The molecule has 0 bridgehead atoms. The molecular weight excluding hydrogens is 270 g/mol. The fourth-order valence-electron chi connectivity index (χ4n) is 2.32. The molecule has 0 aromatic heterocycles. The highest BCUT2D eigenvalue weighted by Crippen LogP contribution is 2.35. The highest BCUT2D eigenvalue weighted by atomic mass is 32.2. The van der Waals surface area contributed by atoms with Crippen LogP contribution in [-0.2, 0) is 19.4 Å². The Hall–Kier alpha value is -1.11. The van der Waals surface area contributed by atoms with Crippen LogP contribution in [0, 0.1) is 5.41 Å². The first kappa shape index (κ1) is 15.9. The largest absolute Gasteiger partial charge is 0.481 e. The molecule has 0 unspecified atom stereocenters. The van der Waals surface area contributed by atoms with Gasteiger partial charge in [0, 0.05) is 12.3 Å². The number of carbonyl (C=O) groups is 2. The zero-order valence-electron chi connectivity index (χ0n) is 11.1. The summed E-state index contributed by atoms with van der Waals surface area (Å²) < 4.78 is 22.6. The number of nitrogens with one attached hydrogen (secondary N) is 1. The van der Waals surface area contributed by atoms with Crippen molar-refractivity contribution < 1.29 is 23.1 Å². The molecule has 1 saturated carbocycles. The molecule has 19 heavy (non-hydrogen) atoms. The molecule has 2 N–H and O–H groups in total. The van der Waals surface area contributed by atoms with E-state index < -0.39 is 32.9 Å². The van der Waals surface area contributed by atoms with Crippen LogP contribution in [0.2, 0.25) is 0 Å². The van der Waals surface area contributed by atoms with Gasteiger partial charge < -0.3 is 10.4 Å². The van der Waals surface area contributed by atoms with Gasteiger partial charge in [-0.2, -0.15) is 0 Å². The maximum atomic E-state index is 11.5. The summed E-state index contributed by atoms with van der Waals surface area (Å²) in [6, 6.07) is 0. The lowest BCUT2D eigenvalue weighted by molar-refractivity contribution is -0.150. The van der Waals surface area contributed by atoms with E-state index in [2.05, 4.69) is 5.32 Å². The maximum Gasteiger partial charge on any atom is 0.311 e. The first-order valence-electron chi connectivity index (χ1n) is 6.52. The summed E-state index contributed by atoms with van der Waals surface area (Å²) in [7, 11) is -3.37. The van der Waals surface area contributed by atoms with Gasteiger partial charge in [0.25, 0.3) is 0 Å². The number of hydrogen-bond donors (Lipinski definition) is 2. The van der Waals surface area contributed by atoms with Gasteiger partial charge in [0.15, 0.2) is 9.84 Å². The van der Waals surface area contributed by atoms with Crippen molar-refractivity contribution >= 4 is 21.7 Å². The number of sulfone groups is 1. The molecule has 0 aliphatic heterocycles. The fourth-order valence-corrected chi connectivity index (χ4v) is 3.02. The third-order valence-corrected chi connectivity index (χ3v) is 5.26. The van der Waals surface area contributed by atoms with Crippen molar-refractivity contribution in [2.75, 3.05) is 18.1 Å². The molecule has 1 amide bonds. The van der Waals surface area contributed by atoms with Gasteiger partial charge in [0.2, 0.25) is 5.91 Å². The van der Waals surface area contributed by atoms with Crippen LogP contribution in [0.25, 0.3) is 0 Å². The topological polar surface area (TPSA) is 101 Å². The Morgan fingerprint density at radius 3 is 2.26 bits per heavy atom. The van der Waals surface area contributed by atoms with Crippen molar-refractivity contribution in [3.63, 3.8) is 0 Å². The van der Waals surface area contributed by atoms with Crippen LogP contribution < -0.4 is 5.32 Å². The minimum Gasteiger partial charge on any atom is -0.481 e. The molecule has 1 rings (SSSR count). The highest BCUT2D eigenvalue weighted by Gasteiger charge is 2.39. The summed E-state index contributed by atoms with van der Waals surface area (Å²) >= 11 is 0. The first-order valence-corrected chi connectivity index (χ1v) is 8.34. The fraction of sp³-hybridized carbons (Fsp3) is 0.833. The van der Waals surface area contributed by atoms with Gasteiger partial charge >= 0.3 is 5.97 Å². The molecule has 0 heterocycles. The lowest BCUT2D eigenvalue weighted by atomic mass is 9.74. The second-order valence-corrected chi connectivity index (χ2v) is 7.45. The van der Waals surface area contributed by atoms with E-state index in [9.17, 15) is 23.1 Å². The molecule has 0 spiro atoms. The average molecular weight is 291 g/mol. The summed E-state index contributed by atoms with van der Waals surface area (Å²) in [4.78, 5) is 22.9. The average Bonchev–Trinajstić information content (AvgIpc) is 2.37. The lowest BCUT2D eigenvalue weighted by Gasteiger charge is -2.33. The van der Waals surface area contributed by atoms with Crippen molar-refractivity contribution in [1.29, 1.82) is 0 Å². The van der Waals surface area contributed by atoms with Crippen LogP contribution in [0.5, 0.6) is 0 Å². The second-order valence-electron chi connectivity index (χ2n) is 5.10. The van der Waals surface area contributed by atoms with Crippen LogP contribution in [0.4, 0.5) is 0 Å². The van der Waals surface area contributed by atoms with Gasteiger partial charge in [-0.15, -0.1) is 0 Å². The number of aliphatic carboxylic acids is 1. The van der Waals surface area contributed by atoms with E-state index >= 15 is 0 Å². The van der Waals surface area contributed by atoms with Crippen molar-refractivity contribution in [3.8, 4) is 0 Å². The van der Waals surface area contributed by atoms with E-state index in [-0.39, 0.29) is 12.3 Å². The van der Waals surface area contributed by atoms with E-state index in [0.717, 1.165) is 19.3 Å². The quantitative estimate of drug-likeness (QED) is 0.745. The summed E-state index contributed by atoms with van der Waals surface area (Å²) in [5.41, 5.74) is -0.927. The number of hydrogen-bond acceptors (Lipinski definition) is 4. The molecular formula is C12H21NO5S. The molecule has 1 fully saturated rings. The van der Waals surface area contributed by atoms with Crippen molar-refractivity contribution in [3.05, 3.63) is 0 Å². The van der Waals surface area contributed by atoms with E-state index in [4.69, 9.17) is 0 Å². The normalized spacial score (nSPS) is 18.8. The summed E-state index contributed by atoms with van der Waals surface area (Å²) in [5.74, 6) is -2.19. The van der Waals surface area contributed by atoms with Crippen LogP contribution >= 0.6 is 0 Å². The Kier molecular flexibility index (Phi) is 5.34. The van der Waals surface area contributed by atoms with Crippen LogP contribution in [0.3, 0.4) is 0 Å². The number of carbonyl (C=O) groups excluding carboxylic acids is 1. The lowest BCUT2D eigenvalue weighted by Crippen LogP contribution is -2.45. The second kappa shape index (κ2) is 6.36. The summed E-state index contributed by atoms with van der Waals surface area (Å²) in [6.45, 7) is 1.49. The molecule has 0 atom stereocenters. The van der Waals surface area contributed by atoms with Crippen LogP contribution in [0.15, 0.2) is 0 Å². The molecule has 0 saturated heterocycles. The maximum absolute atomic E-state index is 11.5. The number of amides is 1. The smallest absolute Gasteiger partial charge is 0.311 e. The summed E-state index contributed by atoms with van der Waals surface area (Å²) in [6.07, 6.45) is 3.73. The third-order valence-electron chi connectivity index (χ3n) is 3.68. The minimum atomic E-state index is -3.37. The van der Waals surface area contributed by atoms with Gasteiger partial charge in [0.05, 0.1) is 5.41 Å². The Balaban J connectivity index is 2.58. The molecule has 1 aliphatic carbocycles. The van der Waals surface area contributed by atoms with E-state index in [1.807, 2.05) is 0 Å². The first-order chi connectivity index (χ1) is 8.81. The van der Waals surface area contributed by atoms with Gasteiger partial charge in [-0.1, -0.05) is 26.2 Å². The Labute approximate surface area is 113 Å².